The lowest BCUT2D eigenvalue weighted by molar-refractivity contribution is -0.121. The third kappa shape index (κ3) is 9.64. The van der Waals surface area contributed by atoms with E-state index < -0.39 is 0 Å². The number of rotatable bonds is 6. The summed E-state index contributed by atoms with van der Waals surface area (Å²) in [7, 11) is 1.72. The molecule has 1 aliphatic rings. The molecule has 6 nitrogen and oxygen atoms in total. The molecule has 0 radical (unpaired) electrons. The van der Waals surface area contributed by atoms with Gasteiger partial charge in [-0.25, -0.2) is 0 Å². The summed E-state index contributed by atoms with van der Waals surface area (Å²) in [5.74, 6) is 2.09. The van der Waals surface area contributed by atoms with Crippen LogP contribution in [0.25, 0.3) is 0 Å². The predicted octanol–water partition coefficient (Wildman–Crippen LogP) is 3.36. The van der Waals surface area contributed by atoms with Crippen LogP contribution in [-0.4, -0.2) is 49.0 Å². The minimum absolute atomic E-state index is 0. The van der Waals surface area contributed by atoms with Crippen molar-refractivity contribution in [1.29, 1.82) is 0 Å². The lowest BCUT2D eigenvalue weighted by atomic mass is 9.91. The molecule has 30 heavy (non-hydrogen) atoms. The first-order chi connectivity index (χ1) is 13.7. The summed E-state index contributed by atoms with van der Waals surface area (Å²) in [5.41, 5.74) is 2.38. The van der Waals surface area contributed by atoms with Crippen LogP contribution in [0.3, 0.4) is 0 Å². The Kier molecular flexibility index (Phi) is 11.1. The standard InChI is InChI=1S/C23H39N5O.HI/c1-17-11-18(2)15-28(14-17)16-20-10-8-7-9-19(20)12-25-22(24-6)26-13-21(29)27-23(3,4)5;/h7-10,17-18H,11-16H2,1-6H3,(H,27,29)(H2,24,25,26);1H. The number of likely N-dealkylation sites (tertiary alicyclic amines) is 1. The molecule has 0 spiro atoms. The summed E-state index contributed by atoms with van der Waals surface area (Å²) < 4.78 is 0. The highest BCUT2D eigenvalue weighted by Crippen LogP contribution is 2.23. The molecule has 0 bridgehead atoms. The second kappa shape index (κ2) is 12.5. The third-order valence-electron chi connectivity index (χ3n) is 5.06. The van der Waals surface area contributed by atoms with Gasteiger partial charge >= 0.3 is 0 Å². The molecule has 1 heterocycles. The van der Waals surface area contributed by atoms with Crippen LogP contribution in [-0.2, 0) is 17.9 Å². The molecule has 0 saturated carbocycles. The van der Waals surface area contributed by atoms with Crippen molar-refractivity contribution in [1.82, 2.24) is 20.9 Å². The maximum atomic E-state index is 12.0. The number of hydrogen-bond donors (Lipinski definition) is 3. The second-order valence-corrected chi connectivity index (χ2v) is 9.49. The normalized spacial score (nSPS) is 20.3. The molecule has 0 aromatic heterocycles. The lowest BCUT2D eigenvalue weighted by Gasteiger charge is -2.35. The zero-order valence-electron chi connectivity index (χ0n) is 19.4. The van der Waals surface area contributed by atoms with E-state index in [2.05, 4.69) is 64.0 Å². The lowest BCUT2D eigenvalue weighted by Crippen LogP contribution is -2.48. The summed E-state index contributed by atoms with van der Waals surface area (Å²) in [6.45, 7) is 14.8. The van der Waals surface area contributed by atoms with E-state index >= 15 is 0 Å². The molecule has 2 rings (SSSR count). The maximum Gasteiger partial charge on any atom is 0.239 e. The summed E-state index contributed by atoms with van der Waals surface area (Å²) in [6, 6.07) is 8.57. The van der Waals surface area contributed by atoms with Crippen LogP contribution in [0.1, 0.15) is 52.2 Å². The number of halogens is 1. The van der Waals surface area contributed by atoms with Crippen LogP contribution in [0.4, 0.5) is 0 Å². The molecule has 1 aliphatic heterocycles. The van der Waals surface area contributed by atoms with Crippen molar-refractivity contribution in [3.05, 3.63) is 35.4 Å². The van der Waals surface area contributed by atoms with Gasteiger partial charge in [-0.05, 0) is 50.2 Å². The van der Waals surface area contributed by atoms with E-state index in [1.54, 1.807) is 7.05 Å². The molecule has 1 fully saturated rings. The average Bonchev–Trinajstić information content (AvgIpc) is 2.60. The summed E-state index contributed by atoms with van der Waals surface area (Å²) in [6.07, 6.45) is 1.32. The monoisotopic (exact) mass is 529 g/mol. The van der Waals surface area contributed by atoms with Gasteiger partial charge in [0.25, 0.3) is 0 Å². The fourth-order valence-corrected chi connectivity index (χ4v) is 4.07. The highest BCUT2D eigenvalue weighted by atomic mass is 127. The Bertz CT molecular complexity index is 691. The number of benzene rings is 1. The van der Waals surface area contributed by atoms with E-state index in [1.807, 2.05) is 20.8 Å². The van der Waals surface area contributed by atoms with Crippen molar-refractivity contribution in [3.8, 4) is 0 Å². The smallest absolute Gasteiger partial charge is 0.239 e. The fourth-order valence-electron chi connectivity index (χ4n) is 4.07. The van der Waals surface area contributed by atoms with Crippen LogP contribution >= 0.6 is 24.0 Å². The van der Waals surface area contributed by atoms with Gasteiger partial charge in [0.15, 0.2) is 5.96 Å². The van der Waals surface area contributed by atoms with Gasteiger partial charge in [-0.15, -0.1) is 24.0 Å². The van der Waals surface area contributed by atoms with Gasteiger partial charge in [-0.2, -0.15) is 0 Å². The first kappa shape index (κ1) is 26.7. The summed E-state index contributed by atoms with van der Waals surface area (Å²) >= 11 is 0. The minimum Gasteiger partial charge on any atom is -0.352 e. The van der Waals surface area contributed by atoms with Crippen LogP contribution in [0.5, 0.6) is 0 Å². The topological polar surface area (TPSA) is 68.8 Å². The molecule has 3 N–H and O–H groups in total. The number of hydrogen-bond acceptors (Lipinski definition) is 3. The highest BCUT2D eigenvalue weighted by Gasteiger charge is 2.22. The van der Waals surface area contributed by atoms with Gasteiger partial charge < -0.3 is 16.0 Å². The molecule has 1 aromatic carbocycles. The summed E-state index contributed by atoms with van der Waals surface area (Å²) in [4.78, 5) is 18.8. The van der Waals surface area contributed by atoms with Crippen LogP contribution < -0.4 is 16.0 Å². The average molecular weight is 530 g/mol. The fraction of sp³-hybridized carbons (Fsp3) is 0.652. The molecule has 0 aliphatic carbocycles. The number of nitrogens with one attached hydrogen (secondary N) is 3. The molecule has 1 amide bonds. The Morgan fingerprint density at radius 2 is 1.70 bits per heavy atom. The van der Waals surface area contributed by atoms with Crippen LogP contribution in [0.15, 0.2) is 29.3 Å². The van der Waals surface area contributed by atoms with Gasteiger partial charge in [0, 0.05) is 38.8 Å². The van der Waals surface area contributed by atoms with E-state index in [0.717, 1.165) is 31.5 Å². The summed E-state index contributed by atoms with van der Waals surface area (Å²) in [5, 5.41) is 9.37. The van der Waals surface area contributed by atoms with E-state index in [4.69, 9.17) is 0 Å². The number of aliphatic imine (C=N–C) groups is 1. The minimum atomic E-state index is -0.238. The van der Waals surface area contributed by atoms with Crippen molar-refractivity contribution in [3.63, 3.8) is 0 Å². The Morgan fingerprint density at radius 1 is 1.10 bits per heavy atom. The first-order valence-electron chi connectivity index (χ1n) is 10.7. The Balaban J connectivity index is 0.00000450. The number of carbonyl (C=O) groups is 1. The van der Waals surface area contributed by atoms with Gasteiger partial charge in [-0.1, -0.05) is 38.1 Å². The highest BCUT2D eigenvalue weighted by molar-refractivity contribution is 14.0. The van der Waals surface area contributed by atoms with Gasteiger partial charge in [0.05, 0.1) is 6.54 Å². The molecular formula is C23H40IN5O. The van der Waals surface area contributed by atoms with E-state index in [0.29, 0.717) is 12.5 Å². The molecular weight excluding hydrogens is 489 g/mol. The van der Waals surface area contributed by atoms with Crippen molar-refractivity contribution in [2.45, 2.75) is 59.7 Å². The van der Waals surface area contributed by atoms with Crippen LogP contribution in [0, 0.1) is 11.8 Å². The molecule has 1 aromatic rings. The molecule has 1 saturated heterocycles. The first-order valence-corrected chi connectivity index (χ1v) is 10.7. The van der Waals surface area contributed by atoms with Crippen molar-refractivity contribution in [2.24, 2.45) is 16.8 Å². The van der Waals surface area contributed by atoms with Crippen molar-refractivity contribution >= 4 is 35.8 Å². The Hall–Kier alpha value is -1.35. The Labute approximate surface area is 199 Å². The number of nitrogens with zero attached hydrogens (tertiary/aromatic N) is 2. The molecule has 2 unspecified atom stereocenters. The molecule has 2 atom stereocenters. The zero-order valence-corrected chi connectivity index (χ0v) is 21.7. The quantitative estimate of drug-likeness (QED) is 0.301. The van der Waals surface area contributed by atoms with Crippen molar-refractivity contribution in [2.75, 3.05) is 26.7 Å². The number of carbonyl (C=O) groups excluding carboxylic acids is 1. The van der Waals surface area contributed by atoms with Crippen molar-refractivity contribution < 1.29 is 4.79 Å². The van der Waals surface area contributed by atoms with Gasteiger partial charge in [-0.3, -0.25) is 14.7 Å². The van der Waals surface area contributed by atoms with Crippen LogP contribution in [0.2, 0.25) is 0 Å². The molecule has 7 heteroatoms. The second-order valence-electron chi connectivity index (χ2n) is 9.49. The number of amides is 1. The van der Waals surface area contributed by atoms with Gasteiger partial charge in [0.1, 0.15) is 0 Å². The van der Waals surface area contributed by atoms with E-state index in [1.165, 1.54) is 17.5 Å². The maximum absolute atomic E-state index is 12.0. The largest absolute Gasteiger partial charge is 0.352 e. The Morgan fingerprint density at radius 3 is 2.27 bits per heavy atom. The number of piperidine rings is 1. The van der Waals surface area contributed by atoms with E-state index in [9.17, 15) is 4.79 Å². The predicted molar refractivity (Wildman–Crippen MR) is 136 cm³/mol. The van der Waals surface area contributed by atoms with Gasteiger partial charge in [0.2, 0.25) is 5.91 Å². The molecule has 170 valence electrons. The zero-order chi connectivity index (χ0) is 21.4. The number of guanidine groups is 1. The SMILES string of the molecule is CN=C(NCC(=O)NC(C)(C)C)NCc1ccccc1CN1CC(C)CC(C)C1.I. The van der Waals surface area contributed by atoms with E-state index in [-0.39, 0.29) is 42.0 Å². The third-order valence-corrected chi connectivity index (χ3v) is 5.06.